The predicted molar refractivity (Wildman–Crippen MR) is 148 cm³/mol. The third-order valence-corrected chi connectivity index (χ3v) is 13.2. The summed E-state index contributed by atoms with van der Waals surface area (Å²) in [6.07, 6.45) is 22.2. The molecular weight excluding hydrogens is 441 g/mol. The first-order chi connectivity index (χ1) is 14.4. The van der Waals surface area contributed by atoms with E-state index in [-0.39, 0.29) is 37.2 Å². The molecule has 0 bridgehead atoms. The van der Waals surface area contributed by atoms with Gasteiger partial charge in [-0.3, -0.25) is 4.74 Å². The van der Waals surface area contributed by atoms with Gasteiger partial charge < -0.3 is 0 Å². The van der Waals surface area contributed by atoms with Crippen molar-refractivity contribution in [2.24, 2.45) is 4.74 Å². The predicted octanol–water partition coefficient (Wildman–Crippen LogP) is 10.9. The van der Waals surface area contributed by atoms with Gasteiger partial charge in [0, 0.05) is 49.3 Å². The second-order valence-corrected chi connectivity index (χ2v) is 15.9. The molecule has 0 saturated heterocycles. The zero-order valence-corrected chi connectivity index (χ0v) is 25.7. The Bertz CT molecular complexity index is 625. The summed E-state index contributed by atoms with van der Waals surface area (Å²) in [7, 11) is -1.69. The molecular formula is C29H54NPTi. The van der Waals surface area contributed by atoms with Gasteiger partial charge in [-0.15, -0.1) is 0 Å². The summed E-state index contributed by atoms with van der Waals surface area (Å²) in [6.45, 7) is 27.8. The van der Waals surface area contributed by atoms with E-state index >= 15 is 0 Å². The molecule has 0 atom stereocenters. The molecule has 0 saturated carbocycles. The van der Waals surface area contributed by atoms with Crippen molar-refractivity contribution in [1.82, 2.24) is 0 Å². The fraction of sp³-hybridized carbons (Fsp3) is 0.724. The van der Waals surface area contributed by atoms with E-state index in [0.29, 0.717) is 0 Å². The number of rotatable bonds is 12. The molecule has 0 unspecified atom stereocenters. The Morgan fingerprint density at radius 3 is 1.56 bits per heavy atom. The topological polar surface area (TPSA) is 12.4 Å². The van der Waals surface area contributed by atoms with Crippen LogP contribution in [0, 0.1) is 0 Å². The van der Waals surface area contributed by atoms with Crippen LogP contribution in [0.25, 0.3) is 0 Å². The maximum absolute atomic E-state index is 5.79. The SMILES string of the molecule is C=CC=CCC.CCCC(C)(C)P(=NC1=CC=CC1)(C(C)(C)CCC)C(C)(C)CCC.[Ti]. The molecule has 0 amide bonds. The van der Waals surface area contributed by atoms with Crippen molar-refractivity contribution in [3.8, 4) is 0 Å². The first-order valence-electron chi connectivity index (χ1n) is 12.7. The van der Waals surface area contributed by atoms with E-state index in [2.05, 4.69) is 100 Å². The molecule has 0 heterocycles. The van der Waals surface area contributed by atoms with E-state index in [1.54, 1.807) is 6.08 Å². The second kappa shape index (κ2) is 15.7. The number of hydrogen-bond donors (Lipinski definition) is 0. The minimum Gasteiger partial charge on any atom is -0.270 e. The molecule has 0 spiro atoms. The Kier molecular flexibility index (Phi) is 16.8. The van der Waals surface area contributed by atoms with Crippen molar-refractivity contribution in [3.05, 3.63) is 48.7 Å². The minimum absolute atomic E-state index is 0. The number of nitrogens with zero attached hydrogens (tertiary/aromatic N) is 1. The van der Waals surface area contributed by atoms with E-state index in [1.165, 1.54) is 44.2 Å². The van der Waals surface area contributed by atoms with Crippen molar-refractivity contribution >= 4 is 7.05 Å². The Labute approximate surface area is 217 Å². The van der Waals surface area contributed by atoms with Crippen molar-refractivity contribution in [2.75, 3.05) is 0 Å². The maximum Gasteiger partial charge on any atom is 0.0425 e. The Morgan fingerprint density at radius 2 is 1.31 bits per heavy atom. The molecule has 1 rings (SSSR count). The molecule has 0 aliphatic heterocycles. The largest absolute Gasteiger partial charge is 0.270 e. The van der Waals surface area contributed by atoms with Crippen LogP contribution in [0.5, 0.6) is 0 Å². The van der Waals surface area contributed by atoms with Crippen molar-refractivity contribution in [3.63, 3.8) is 0 Å². The van der Waals surface area contributed by atoms with Gasteiger partial charge in [-0.25, -0.2) is 0 Å². The molecule has 0 aromatic carbocycles. The number of hydrogen-bond acceptors (Lipinski definition) is 1. The van der Waals surface area contributed by atoms with E-state index in [9.17, 15) is 0 Å². The maximum atomic E-state index is 5.79. The van der Waals surface area contributed by atoms with Crippen molar-refractivity contribution in [1.29, 1.82) is 0 Å². The van der Waals surface area contributed by atoms with Gasteiger partial charge in [-0.1, -0.05) is 125 Å². The normalized spacial score (nSPS) is 14.5. The molecule has 1 aliphatic rings. The first kappa shape index (κ1) is 34.1. The van der Waals surface area contributed by atoms with Crippen LogP contribution < -0.4 is 0 Å². The average Bonchev–Trinajstić information content (AvgIpc) is 3.17. The van der Waals surface area contributed by atoms with E-state index in [4.69, 9.17) is 4.74 Å². The molecule has 3 heteroatoms. The summed E-state index contributed by atoms with van der Waals surface area (Å²) in [5.74, 6) is 0. The van der Waals surface area contributed by atoms with Gasteiger partial charge in [0.15, 0.2) is 0 Å². The Hall–Kier alpha value is -0.0957. The van der Waals surface area contributed by atoms with Crippen LogP contribution in [0.15, 0.2) is 53.5 Å². The first-order valence-corrected chi connectivity index (χ1v) is 14.4. The third-order valence-electron chi connectivity index (χ3n) is 6.75. The fourth-order valence-electron chi connectivity index (χ4n) is 6.12. The smallest absolute Gasteiger partial charge is 0.0425 e. The molecule has 1 nitrogen and oxygen atoms in total. The zero-order valence-electron chi connectivity index (χ0n) is 23.2. The fourth-order valence-corrected chi connectivity index (χ4v) is 14.0. The molecule has 0 aromatic heterocycles. The van der Waals surface area contributed by atoms with Gasteiger partial charge in [0.25, 0.3) is 0 Å². The standard InChI is InChI=1S/C23H44NP.C6H10.Ti/c1-10-17-21(4,5)25(22(6,7)18-11-2,23(8,9)19-12-3)24-20-15-13-14-16-20;1-3-5-6-4-2;/h13-15H,10-12,16-19H2,1-9H3;3,5-6H,1,4H2,2H3;. The third kappa shape index (κ3) is 8.60. The average molecular weight is 496 g/mol. The Morgan fingerprint density at radius 1 is 0.875 bits per heavy atom. The number of allylic oxidation sites excluding steroid dienone is 6. The molecule has 184 valence electrons. The van der Waals surface area contributed by atoms with Gasteiger partial charge in [0.2, 0.25) is 0 Å². The minimum atomic E-state index is -1.69. The molecule has 1 aliphatic carbocycles. The summed E-state index contributed by atoms with van der Waals surface area (Å²) in [4.78, 5) is 0. The van der Waals surface area contributed by atoms with Gasteiger partial charge >= 0.3 is 0 Å². The Balaban J connectivity index is 0. The summed E-state index contributed by atoms with van der Waals surface area (Å²) in [5.41, 5.74) is 1.32. The summed E-state index contributed by atoms with van der Waals surface area (Å²) in [5, 5.41) is 0.799. The molecule has 0 N–H and O–H groups in total. The van der Waals surface area contributed by atoms with Gasteiger partial charge in [-0.05, 0) is 38.8 Å². The van der Waals surface area contributed by atoms with E-state index in [0.717, 1.165) is 12.8 Å². The summed E-state index contributed by atoms with van der Waals surface area (Å²) >= 11 is 0. The molecule has 0 radical (unpaired) electrons. The van der Waals surface area contributed by atoms with Gasteiger partial charge in [-0.2, -0.15) is 0 Å². The summed E-state index contributed by atoms with van der Waals surface area (Å²) < 4.78 is 5.79. The van der Waals surface area contributed by atoms with E-state index in [1.807, 2.05) is 6.08 Å². The quantitative estimate of drug-likeness (QED) is 0.145. The van der Waals surface area contributed by atoms with E-state index < -0.39 is 7.05 Å². The van der Waals surface area contributed by atoms with Crippen LogP contribution in [-0.2, 0) is 21.7 Å². The zero-order chi connectivity index (χ0) is 24.2. The van der Waals surface area contributed by atoms with Crippen LogP contribution in [0.4, 0.5) is 0 Å². The summed E-state index contributed by atoms with van der Waals surface area (Å²) in [6, 6.07) is 0. The monoisotopic (exact) mass is 495 g/mol. The van der Waals surface area contributed by atoms with Crippen LogP contribution in [0.1, 0.15) is 121 Å². The van der Waals surface area contributed by atoms with Gasteiger partial charge in [0.1, 0.15) is 0 Å². The molecule has 0 fully saturated rings. The van der Waals surface area contributed by atoms with Crippen LogP contribution in [0.3, 0.4) is 0 Å². The second-order valence-electron chi connectivity index (χ2n) is 10.8. The van der Waals surface area contributed by atoms with Crippen LogP contribution >= 0.6 is 7.05 Å². The van der Waals surface area contributed by atoms with Crippen LogP contribution in [0.2, 0.25) is 0 Å². The molecule has 32 heavy (non-hydrogen) atoms. The van der Waals surface area contributed by atoms with Gasteiger partial charge in [0.05, 0.1) is 0 Å². The molecule has 0 aromatic rings. The van der Waals surface area contributed by atoms with Crippen LogP contribution in [-0.4, -0.2) is 15.5 Å². The van der Waals surface area contributed by atoms with Crippen molar-refractivity contribution in [2.45, 2.75) is 136 Å². The van der Waals surface area contributed by atoms with Crippen molar-refractivity contribution < 1.29 is 21.7 Å².